The van der Waals surface area contributed by atoms with Crippen LogP contribution < -0.4 is 0 Å². The van der Waals surface area contributed by atoms with Crippen molar-refractivity contribution in [2.24, 2.45) is 0 Å². The second kappa shape index (κ2) is 6.54. The number of rotatable bonds is 5. The number of ether oxygens (including phenoxy) is 1. The summed E-state index contributed by atoms with van der Waals surface area (Å²) in [7, 11) is -3.40. The van der Waals surface area contributed by atoms with Crippen molar-refractivity contribution in [3.05, 3.63) is 16.3 Å². The van der Waals surface area contributed by atoms with E-state index in [1.165, 1.54) is 15.6 Å². The number of alkyl halides is 1. The first kappa shape index (κ1) is 15.3. The molecular weight excluding hydrogens is 306 g/mol. The van der Waals surface area contributed by atoms with E-state index in [-0.39, 0.29) is 6.10 Å². The molecular formula is C12H18ClNO3S2. The maximum atomic E-state index is 12.5. The van der Waals surface area contributed by atoms with Crippen LogP contribution in [0.5, 0.6) is 0 Å². The molecule has 1 unspecified atom stereocenters. The quantitative estimate of drug-likeness (QED) is 0.783. The highest BCUT2D eigenvalue weighted by atomic mass is 35.5. The van der Waals surface area contributed by atoms with Gasteiger partial charge in [-0.25, -0.2) is 8.42 Å². The number of piperidine rings is 1. The molecule has 1 aliphatic heterocycles. The van der Waals surface area contributed by atoms with Gasteiger partial charge >= 0.3 is 0 Å². The minimum Gasteiger partial charge on any atom is -0.377 e. The summed E-state index contributed by atoms with van der Waals surface area (Å²) in [4.78, 5) is 1.23. The first-order valence-corrected chi connectivity index (χ1v) is 9.18. The van der Waals surface area contributed by atoms with E-state index in [0.717, 1.165) is 17.7 Å². The van der Waals surface area contributed by atoms with Gasteiger partial charge in [-0.3, -0.25) is 0 Å². The van der Waals surface area contributed by atoms with Crippen molar-refractivity contribution in [2.75, 3.05) is 19.7 Å². The van der Waals surface area contributed by atoms with E-state index >= 15 is 0 Å². The Morgan fingerprint density at radius 3 is 3.00 bits per heavy atom. The molecule has 1 aromatic heterocycles. The zero-order valence-corrected chi connectivity index (χ0v) is 13.2. The fraction of sp³-hybridized carbons (Fsp3) is 0.667. The summed E-state index contributed by atoms with van der Waals surface area (Å²) >= 11 is 7.10. The van der Waals surface area contributed by atoms with Crippen molar-refractivity contribution >= 4 is 33.0 Å². The van der Waals surface area contributed by atoms with Gasteiger partial charge in [-0.2, -0.15) is 4.31 Å². The van der Waals surface area contributed by atoms with Gasteiger partial charge in [0.05, 0.1) is 16.9 Å². The van der Waals surface area contributed by atoms with Crippen LogP contribution in [0.1, 0.15) is 24.6 Å². The Balaban J connectivity index is 2.14. The van der Waals surface area contributed by atoms with E-state index in [1.54, 1.807) is 11.4 Å². The van der Waals surface area contributed by atoms with Gasteiger partial charge in [0.1, 0.15) is 0 Å². The lowest BCUT2D eigenvalue weighted by atomic mass is 10.1. The Labute approximate surface area is 123 Å². The fourth-order valence-corrected chi connectivity index (χ4v) is 5.10. The Morgan fingerprint density at radius 1 is 1.58 bits per heavy atom. The third-order valence-electron chi connectivity index (χ3n) is 3.14. The van der Waals surface area contributed by atoms with Crippen molar-refractivity contribution < 1.29 is 13.2 Å². The highest BCUT2D eigenvalue weighted by Gasteiger charge is 2.31. The van der Waals surface area contributed by atoms with Crippen LogP contribution in [0, 0.1) is 0 Å². The number of halogens is 1. The summed E-state index contributed by atoms with van der Waals surface area (Å²) in [5.74, 6) is 0.349. The van der Waals surface area contributed by atoms with Crippen LogP contribution in [0.25, 0.3) is 0 Å². The molecule has 0 bridgehead atoms. The van der Waals surface area contributed by atoms with E-state index in [4.69, 9.17) is 16.3 Å². The molecule has 0 aromatic carbocycles. The Kier molecular flexibility index (Phi) is 5.25. The molecule has 0 radical (unpaired) electrons. The lowest BCUT2D eigenvalue weighted by molar-refractivity contribution is 0.0265. The summed E-state index contributed by atoms with van der Waals surface area (Å²) in [5.41, 5.74) is 0. The normalized spacial score (nSPS) is 21.7. The topological polar surface area (TPSA) is 46.6 Å². The molecule has 0 saturated carbocycles. The van der Waals surface area contributed by atoms with Crippen LogP contribution in [-0.2, 0) is 20.6 Å². The molecule has 0 amide bonds. The highest BCUT2D eigenvalue weighted by Crippen LogP contribution is 2.26. The second-order valence-corrected chi connectivity index (χ2v) is 7.67. The fourth-order valence-electron chi connectivity index (χ4n) is 2.21. The highest BCUT2D eigenvalue weighted by molar-refractivity contribution is 7.89. The number of thiophene rings is 1. The largest absolute Gasteiger partial charge is 0.377 e. The molecule has 2 rings (SSSR count). The molecule has 0 spiro atoms. The Bertz CT molecular complexity index is 513. The standard InChI is InChI=1S/C12H18ClNO3S2/c1-2-17-10-4-3-5-14(8-10)19(15,16)12-6-11(7-13)18-9-12/h6,9-10H,2-5,7-8H2,1H3. The number of nitrogens with zero attached hydrogens (tertiary/aromatic N) is 1. The molecule has 7 heteroatoms. The van der Waals surface area contributed by atoms with E-state index in [0.29, 0.717) is 30.5 Å². The molecule has 0 N–H and O–H groups in total. The maximum absolute atomic E-state index is 12.5. The molecule has 2 heterocycles. The minimum absolute atomic E-state index is 0.0136. The third-order valence-corrected chi connectivity index (χ3v) is 6.52. The molecule has 1 atom stereocenters. The molecule has 1 saturated heterocycles. The number of sulfonamides is 1. The van der Waals surface area contributed by atoms with E-state index < -0.39 is 10.0 Å². The average Bonchev–Trinajstić information content (AvgIpc) is 2.89. The summed E-state index contributed by atoms with van der Waals surface area (Å²) in [6.45, 7) is 3.56. The second-order valence-electron chi connectivity index (χ2n) is 4.46. The van der Waals surface area contributed by atoms with E-state index in [2.05, 4.69) is 0 Å². The van der Waals surface area contributed by atoms with Crippen LogP contribution >= 0.6 is 22.9 Å². The van der Waals surface area contributed by atoms with Gasteiger partial charge in [-0.05, 0) is 25.8 Å². The molecule has 1 aromatic rings. The summed E-state index contributed by atoms with van der Waals surface area (Å²) in [6, 6.07) is 1.66. The average molecular weight is 324 g/mol. The summed E-state index contributed by atoms with van der Waals surface area (Å²) < 4.78 is 32.1. The smallest absolute Gasteiger partial charge is 0.243 e. The number of hydrogen-bond donors (Lipinski definition) is 0. The van der Waals surface area contributed by atoms with Crippen molar-refractivity contribution in [1.29, 1.82) is 0 Å². The zero-order chi connectivity index (χ0) is 13.9. The van der Waals surface area contributed by atoms with Crippen LogP contribution in [-0.4, -0.2) is 38.5 Å². The van der Waals surface area contributed by atoms with Crippen LogP contribution in [0.2, 0.25) is 0 Å². The lowest BCUT2D eigenvalue weighted by Gasteiger charge is -2.31. The maximum Gasteiger partial charge on any atom is 0.243 e. The Hall–Kier alpha value is -0.140. The van der Waals surface area contributed by atoms with Crippen molar-refractivity contribution in [2.45, 2.75) is 36.6 Å². The SMILES string of the molecule is CCOC1CCCN(S(=O)(=O)c2csc(CCl)c2)C1. The van der Waals surface area contributed by atoms with Crippen LogP contribution in [0.15, 0.2) is 16.3 Å². The van der Waals surface area contributed by atoms with Gasteiger partial charge in [0.2, 0.25) is 10.0 Å². The predicted octanol–water partition coefficient (Wildman–Crippen LogP) is 2.68. The van der Waals surface area contributed by atoms with E-state index in [1.807, 2.05) is 6.92 Å². The Morgan fingerprint density at radius 2 is 2.37 bits per heavy atom. The molecule has 1 aliphatic rings. The molecule has 4 nitrogen and oxygen atoms in total. The minimum atomic E-state index is -3.40. The van der Waals surface area contributed by atoms with Gasteiger partial charge in [0.15, 0.2) is 0 Å². The monoisotopic (exact) mass is 323 g/mol. The summed E-state index contributed by atoms with van der Waals surface area (Å²) in [6.07, 6.45) is 1.78. The van der Waals surface area contributed by atoms with Gasteiger partial charge in [0, 0.05) is 30.0 Å². The van der Waals surface area contributed by atoms with Gasteiger partial charge in [-0.1, -0.05) is 0 Å². The van der Waals surface area contributed by atoms with Crippen molar-refractivity contribution in [1.82, 2.24) is 4.31 Å². The van der Waals surface area contributed by atoms with Gasteiger partial charge in [0.25, 0.3) is 0 Å². The molecule has 108 valence electrons. The van der Waals surface area contributed by atoms with Crippen LogP contribution in [0.4, 0.5) is 0 Å². The molecule has 0 aliphatic carbocycles. The number of hydrogen-bond acceptors (Lipinski definition) is 4. The van der Waals surface area contributed by atoms with Crippen LogP contribution in [0.3, 0.4) is 0 Å². The lowest BCUT2D eigenvalue weighted by Crippen LogP contribution is -2.43. The predicted molar refractivity (Wildman–Crippen MR) is 77.3 cm³/mol. The van der Waals surface area contributed by atoms with Crippen molar-refractivity contribution in [3.8, 4) is 0 Å². The van der Waals surface area contributed by atoms with E-state index in [9.17, 15) is 8.42 Å². The van der Waals surface area contributed by atoms with Gasteiger partial charge in [-0.15, -0.1) is 22.9 Å². The van der Waals surface area contributed by atoms with Gasteiger partial charge < -0.3 is 4.74 Å². The molecule has 1 fully saturated rings. The summed E-state index contributed by atoms with van der Waals surface area (Å²) in [5, 5.41) is 1.66. The molecule has 19 heavy (non-hydrogen) atoms. The zero-order valence-electron chi connectivity index (χ0n) is 10.8. The first-order chi connectivity index (χ1) is 9.07. The van der Waals surface area contributed by atoms with Crippen molar-refractivity contribution in [3.63, 3.8) is 0 Å². The third kappa shape index (κ3) is 3.49. The first-order valence-electron chi connectivity index (χ1n) is 6.33.